The van der Waals surface area contributed by atoms with Crippen molar-refractivity contribution >= 4 is 50.8 Å². The molecule has 82 heavy (non-hydrogen) atoms. The molecule has 2 atom stereocenters. The maximum atomic E-state index is 6.23. The van der Waals surface area contributed by atoms with E-state index in [1.807, 2.05) is 12.1 Å². The number of aromatic nitrogens is 2. The van der Waals surface area contributed by atoms with Crippen molar-refractivity contribution in [2.45, 2.75) is 11.8 Å². The predicted octanol–water partition coefficient (Wildman–Crippen LogP) is 16.7. The lowest BCUT2D eigenvalue weighted by Gasteiger charge is -2.47. The van der Waals surface area contributed by atoms with Crippen molar-refractivity contribution in [2.75, 3.05) is 0 Å². The highest BCUT2D eigenvalue weighted by atomic mass is 28.3. The second kappa shape index (κ2) is 19.5. The fourth-order valence-electron chi connectivity index (χ4n) is 13.9. The van der Waals surface area contributed by atoms with Gasteiger partial charge in [-0.3, -0.25) is 0 Å². The SMILES string of the molecule is c1ccc(-c2cccc([Si](c3ccccc3)(c3ccccc3)c3cccc4c3C3c5ccccc5C4c4cccc(-c5ccccc5-c5cc(-c6cccc(-c7ccc8oc9ccccc9c8c7)c6)nc(-c6ccccc6)n5)c43)c2)cc1. The second-order valence-electron chi connectivity index (χ2n) is 21.8. The molecule has 4 heteroatoms. The van der Waals surface area contributed by atoms with Crippen LogP contribution >= 0.6 is 0 Å². The number of nitrogens with zero attached hydrogens (tertiary/aromatic N) is 2. The molecule has 0 aliphatic heterocycles. The molecule has 12 aromatic carbocycles. The average Bonchev–Trinajstić information content (AvgIpc) is 2.10. The molecule has 14 aromatic rings. The van der Waals surface area contributed by atoms with Crippen molar-refractivity contribution in [3.8, 4) is 67.3 Å². The van der Waals surface area contributed by atoms with Crippen LogP contribution < -0.4 is 20.7 Å². The monoisotopic (exact) mass is 1060 g/mol. The summed E-state index contributed by atoms with van der Waals surface area (Å²) in [6, 6.07) is 112. The minimum Gasteiger partial charge on any atom is -0.456 e. The van der Waals surface area contributed by atoms with Crippen molar-refractivity contribution < 1.29 is 4.42 Å². The van der Waals surface area contributed by atoms with Crippen LogP contribution in [0.2, 0.25) is 0 Å². The van der Waals surface area contributed by atoms with Gasteiger partial charge in [0.2, 0.25) is 0 Å². The Morgan fingerprint density at radius 1 is 0.280 bits per heavy atom. The molecular weight excluding hydrogens is 1010 g/mol. The maximum Gasteiger partial charge on any atom is 0.179 e. The van der Waals surface area contributed by atoms with Crippen molar-refractivity contribution in [1.82, 2.24) is 9.97 Å². The lowest BCUT2D eigenvalue weighted by molar-refractivity contribution is 0.669. The Kier molecular flexibility index (Phi) is 11.4. The van der Waals surface area contributed by atoms with Gasteiger partial charge in [0.1, 0.15) is 11.2 Å². The van der Waals surface area contributed by atoms with Gasteiger partial charge in [-0.05, 0) is 118 Å². The number of furan rings is 1. The summed E-state index contributed by atoms with van der Waals surface area (Å²) in [4.78, 5) is 10.9. The highest BCUT2D eigenvalue weighted by Crippen LogP contribution is 2.58. The Morgan fingerprint density at radius 2 is 0.780 bits per heavy atom. The molecule has 0 N–H and O–H groups in total. The van der Waals surface area contributed by atoms with E-state index in [1.165, 1.54) is 70.8 Å². The third kappa shape index (κ3) is 7.64. The first-order valence-electron chi connectivity index (χ1n) is 28.4. The third-order valence-electron chi connectivity index (χ3n) is 17.4. The van der Waals surface area contributed by atoms with Crippen molar-refractivity contribution in [3.05, 3.63) is 337 Å². The number of para-hydroxylation sites is 1. The fraction of sp³-hybridized carbons (Fsp3) is 0.0256. The van der Waals surface area contributed by atoms with Gasteiger partial charge in [-0.1, -0.05) is 273 Å². The summed E-state index contributed by atoms with van der Waals surface area (Å²) < 4.78 is 6.23. The normalized spacial score (nSPS) is 14.1. The van der Waals surface area contributed by atoms with Crippen molar-refractivity contribution in [2.24, 2.45) is 0 Å². The van der Waals surface area contributed by atoms with E-state index in [1.54, 1.807) is 0 Å². The zero-order valence-corrected chi connectivity index (χ0v) is 45.8. The Morgan fingerprint density at radius 3 is 1.54 bits per heavy atom. The Labute approximate surface area is 478 Å². The molecule has 0 amide bonds. The summed E-state index contributed by atoms with van der Waals surface area (Å²) in [6.45, 7) is 0. The van der Waals surface area contributed by atoms with Gasteiger partial charge in [-0.25, -0.2) is 9.97 Å². The lowest BCUT2D eigenvalue weighted by Crippen LogP contribution is -2.75. The van der Waals surface area contributed by atoms with E-state index in [0.717, 1.165) is 66.7 Å². The summed E-state index contributed by atoms with van der Waals surface area (Å²) >= 11 is 0. The summed E-state index contributed by atoms with van der Waals surface area (Å²) in [5.74, 6) is 0.648. The highest BCUT2D eigenvalue weighted by Gasteiger charge is 2.50. The lowest BCUT2D eigenvalue weighted by atomic mass is 9.60. The van der Waals surface area contributed by atoms with Crippen molar-refractivity contribution in [3.63, 3.8) is 0 Å². The number of hydrogen-bond acceptors (Lipinski definition) is 3. The van der Waals surface area contributed by atoms with Crippen LogP contribution in [0.4, 0.5) is 0 Å². The van der Waals surface area contributed by atoms with Gasteiger partial charge in [-0.2, -0.15) is 0 Å². The van der Waals surface area contributed by atoms with Crippen LogP contribution in [0.1, 0.15) is 45.2 Å². The van der Waals surface area contributed by atoms with E-state index in [9.17, 15) is 0 Å². The Hall–Kier alpha value is -10.3. The molecule has 0 saturated heterocycles. The summed E-state index contributed by atoms with van der Waals surface area (Å²) in [6.07, 6.45) is 0. The minimum atomic E-state index is -3.13. The largest absolute Gasteiger partial charge is 0.456 e. The van der Waals surface area contributed by atoms with Gasteiger partial charge >= 0.3 is 0 Å². The second-order valence-corrected chi connectivity index (χ2v) is 25.6. The van der Waals surface area contributed by atoms with E-state index >= 15 is 0 Å². The van der Waals surface area contributed by atoms with E-state index in [4.69, 9.17) is 14.4 Å². The van der Waals surface area contributed by atoms with Crippen LogP contribution in [0.25, 0.3) is 89.2 Å². The zero-order valence-electron chi connectivity index (χ0n) is 44.8. The molecule has 0 spiro atoms. The molecule has 384 valence electrons. The molecule has 3 aliphatic rings. The van der Waals surface area contributed by atoms with Gasteiger partial charge in [0.05, 0.1) is 11.4 Å². The van der Waals surface area contributed by atoms with Gasteiger partial charge in [-0.15, -0.1) is 0 Å². The smallest absolute Gasteiger partial charge is 0.179 e. The number of hydrogen-bond donors (Lipinski definition) is 0. The molecule has 3 aliphatic carbocycles. The zero-order chi connectivity index (χ0) is 54.1. The van der Waals surface area contributed by atoms with Gasteiger partial charge in [0, 0.05) is 39.3 Å². The quantitative estimate of drug-likeness (QED) is 0.101. The van der Waals surface area contributed by atoms with Gasteiger partial charge in [0.25, 0.3) is 0 Å². The predicted molar refractivity (Wildman–Crippen MR) is 340 cm³/mol. The molecule has 2 unspecified atom stereocenters. The average molecular weight is 1060 g/mol. The van der Waals surface area contributed by atoms with Gasteiger partial charge in [0.15, 0.2) is 13.9 Å². The number of benzene rings is 12. The first kappa shape index (κ1) is 47.7. The summed E-state index contributed by atoms with van der Waals surface area (Å²) in [5.41, 5.74) is 21.9. The summed E-state index contributed by atoms with van der Waals surface area (Å²) in [7, 11) is -3.13. The molecular formula is C78H52N2OSi. The van der Waals surface area contributed by atoms with Crippen LogP contribution in [0.15, 0.2) is 308 Å². The maximum absolute atomic E-state index is 6.23. The van der Waals surface area contributed by atoms with E-state index < -0.39 is 8.07 Å². The van der Waals surface area contributed by atoms with Crippen LogP contribution in [0.3, 0.4) is 0 Å². The van der Waals surface area contributed by atoms with Crippen LogP contribution in [-0.4, -0.2) is 18.0 Å². The van der Waals surface area contributed by atoms with E-state index in [-0.39, 0.29) is 11.8 Å². The molecule has 0 saturated carbocycles. The number of fused-ring (bicyclic) bond motifs is 3. The first-order chi connectivity index (χ1) is 40.7. The molecule has 17 rings (SSSR count). The molecule has 2 aromatic heterocycles. The highest BCUT2D eigenvalue weighted by molar-refractivity contribution is 7.20. The van der Waals surface area contributed by atoms with E-state index in [0.29, 0.717) is 5.82 Å². The Balaban J connectivity index is 0.901. The Bertz CT molecular complexity index is 4720. The standard InChI is InChI=1S/C78H52N2OSi/c1-5-23-51(24-6-1)54-28-20-34-59(48-54)82(57-30-9-3-10-31-57,58-32-11-4-12-33-58)73-44-22-42-67-74-64-38-15-16-39-65(64)77(76(67)73)75-63(40-21-41-66(74)75)60-35-13-14-36-61(60)70-50-69(79-78(80-70)52-25-7-2-8-26-52)56-29-19-27-53(47-56)55-45-46-72-68(49-55)62-37-17-18-43-71(62)81-72/h1-50,74,77H. The topological polar surface area (TPSA) is 38.9 Å². The molecule has 0 fully saturated rings. The number of rotatable bonds is 10. The molecule has 2 heterocycles. The van der Waals surface area contributed by atoms with Gasteiger partial charge < -0.3 is 4.42 Å². The fourth-order valence-corrected chi connectivity index (χ4v) is 19.0. The molecule has 3 nitrogen and oxygen atoms in total. The minimum absolute atomic E-state index is 0.0303. The first-order valence-corrected chi connectivity index (χ1v) is 30.4. The third-order valence-corrected chi connectivity index (χ3v) is 22.3. The summed E-state index contributed by atoms with van der Waals surface area (Å²) in [5, 5.41) is 7.73. The van der Waals surface area contributed by atoms with Crippen LogP contribution in [-0.2, 0) is 0 Å². The molecule has 2 bridgehead atoms. The van der Waals surface area contributed by atoms with Crippen LogP contribution in [0.5, 0.6) is 0 Å². The molecule has 0 radical (unpaired) electrons. The van der Waals surface area contributed by atoms with Crippen LogP contribution in [0, 0.1) is 0 Å². The van der Waals surface area contributed by atoms with Crippen molar-refractivity contribution in [1.29, 1.82) is 0 Å². The van der Waals surface area contributed by atoms with E-state index in [2.05, 4.69) is 291 Å².